The second kappa shape index (κ2) is 12.6. The molecule has 4 heteroatoms. The van der Waals surface area contributed by atoms with Gasteiger partial charge in [0.2, 0.25) is 0 Å². The number of aliphatic hydroxyl groups is 1. The van der Waals surface area contributed by atoms with Gasteiger partial charge in [-0.1, -0.05) is 18.2 Å². The van der Waals surface area contributed by atoms with Crippen molar-refractivity contribution in [2.45, 2.75) is 66.1 Å². The van der Waals surface area contributed by atoms with Gasteiger partial charge in [0.15, 0.2) is 0 Å². The second-order valence-electron chi connectivity index (χ2n) is 8.44. The van der Waals surface area contributed by atoms with Crippen molar-refractivity contribution in [3.63, 3.8) is 0 Å². The number of aryl methyl sites for hydroxylation is 3. The summed E-state index contributed by atoms with van der Waals surface area (Å²) in [6, 6.07) is 15.2. The molecule has 0 spiro atoms. The number of nitrogens with one attached hydrogen (secondary N) is 1. The van der Waals surface area contributed by atoms with Gasteiger partial charge in [0.1, 0.15) is 0 Å². The van der Waals surface area contributed by atoms with Gasteiger partial charge in [0, 0.05) is 31.0 Å². The molecule has 0 amide bonds. The molecule has 2 rings (SSSR count). The first-order valence-electron chi connectivity index (χ1n) is 11.3. The van der Waals surface area contributed by atoms with E-state index in [4.69, 9.17) is 4.74 Å². The van der Waals surface area contributed by atoms with Crippen LogP contribution >= 0.6 is 0 Å². The molecule has 4 nitrogen and oxygen atoms in total. The maximum atomic E-state index is 10.3. The van der Waals surface area contributed by atoms with Crippen molar-refractivity contribution in [2.24, 2.45) is 0 Å². The third-order valence-corrected chi connectivity index (χ3v) is 5.35. The Kier molecular flexibility index (Phi) is 10.2. The third-order valence-electron chi connectivity index (χ3n) is 5.35. The SMILES string of the molecule is CCN(CC(O)COC(C)C)c1ccc(CCCCNc2cccc(C)c2)c(C)c1. The van der Waals surface area contributed by atoms with Crippen LogP contribution in [-0.4, -0.2) is 43.6 Å². The summed E-state index contributed by atoms with van der Waals surface area (Å²) in [6.45, 7) is 13.3. The Morgan fingerprint density at radius 1 is 1.07 bits per heavy atom. The van der Waals surface area contributed by atoms with Crippen molar-refractivity contribution in [3.8, 4) is 0 Å². The largest absolute Gasteiger partial charge is 0.389 e. The van der Waals surface area contributed by atoms with Crippen molar-refractivity contribution in [1.82, 2.24) is 0 Å². The maximum absolute atomic E-state index is 10.3. The number of ether oxygens (including phenoxy) is 1. The van der Waals surface area contributed by atoms with Gasteiger partial charge in [0.05, 0.1) is 18.8 Å². The summed E-state index contributed by atoms with van der Waals surface area (Å²) in [4.78, 5) is 2.22. The summed E-state index contributed by atoms with van der Waals surface area (Å²) in [7, 11) is 0. The van der Waals surface area contributed by atoms with Crippen LogP contribution in [0.3, 0.4) is 0 Å². The van der Waals surface area contributed by atoms with Crippen LogP contribution in [0.15, 0.2) is 42.5 Å². The van der Waals surface area contributed by atoms with E-state index in [1.165, 1.54) is 34.5 Å². The minimum absolute atomic E-state index is 0.142. The Hall–Kier alpha value is -2.04. The van der Waals surface area contributed by atoms with Gasteiger partial charge in [-0.2, -0.15) is 0 Å². The number of likely N-dealkylation sites (N-methyl/N-ethyl adjacent to an activating group) is 1. The van der Waals surface area contributed by atoms with Gasteiger partial charge in [-0.25, -0.2) is 0 Å². The van der Waals surface area contributed by atoms with Crippen molar-refractivity contribution < 1.29 is 9.84 Å². The fourth-order valence-electron chi connectivity index (χ4n) is 3.61. The topological polar surface area (TPSA) is 44.7 Å². The smallest absolute Gasteiger partial charge is 0.0948 e. The molecule has 2 aromatic rings. The van der Waals surface area contributed by atoms with Gasteiger partial charge in [0.25, 0.3) is 0 Å². The summed E-state index contributed by atoms with van der Waals surface area (Å²) >= 11 is 0. The summed E-state index contributed by atoms with van der Waals surface area (Å²) in [5.74, 6) is 0. The molecule has 2 N–H and O–H groups in total. The molecule has 0 radical (unpaired) electrons. The first kappa shape index (κ1) is 24.2. The molecule has 1 unspecified atom stereocenters. The predicted molar refractivity (Wildman–Crippen MR) is 129 cm³/mol. The standard InChI is InChI=1S/C26H40N2O2/c1-6-28(18-26(29)19-30-20(2)3)25-14-13-23(22(5)17-25)11-7-8-15-27-24-12-9-10-21(4)16-24/h9-10,12-14,16-17,20,26-27,29H,6-8,11,15,18-19H2,1-5H3. The fraction of sp³-hybridized carbons (Fsp3) is 0.538. The molecule has 0 bridgehead atoms. The zero-order valence-corrected chi connectivity index (χ0v) is 19.4. The molecule has 0 aliphatic carbocycles. The number of aliphatic hydroxyl groups excluding tert-OH is 1. The molecule has 1 atom stereocenters. The zero-order chi connectivity index (χ0) is 21.9. The van der Waals surface area contributed by atoms with Crippen molar-refractivity contribution >= 4 is 11.4 Å². The van der Waals surface area contributed by atoms with Gasteiger partial charge in [-0.05, 0) is 94.8 Å². The van der Waals surface area contributed by atoms with Crippen LogP contribution in [0.4, 0.5) is 11.4 Å². The Labute approximate surface area is 183 Å². The molecule has 0 heterocycles. The number of hydrogen-bond donors (Lipinski definition) is 2. The van der Waals surface area contributed by atoms with E-state index in [0.717, 1.165) is 25.9 Å². The van der Waals surface area contributed by atoms with Crippen LogP contribution < -0.4 is 10.2 Å². The molecule has 0 aliphatic heterocycles. The summed E-state index contributed by atoms with van der Waals surface area (Å²) < 4.78 is 5.54. The molecular weight excluding hydrogens is 372 g/mol. The minimum Gasteiger partial charge on any atom is -0.389 e. The average Bonchev–Trinajstić information content (AvgIpc) is 2.71. The van der Waals surface area contributed by atoms with E-state index in [1.807, 2.05) is 13.8 Å². The lowest BCUT2D eigenvalue weighted by Gasteiger charge is -2.27. The number of benzene rings is 2. The molecule has 0 aromatic heterocycles. The quantitative estimate of drug-likeness (QED) is 0.435. The van der Waals surface area contributed by atoms with Crippen LogP contribution in [-0.2, 0) is 11.2 Å². The average molecular weight is 413 g/mol. The molecule has 0 saturated heterocycles. The molecule has 0 saturated carbocycles. The predicted octanol–water partition coefficient (Wildman–Crippen LogP) is 5.35. The van der Waals surface area contributed by atoms with Gasteiger partial charge in [-0.3, -0.25) is 0 Å². The third kappa shape index (κ3) is 8.37. The number of anilines is 2. The van der Waals surface area contributed by atoms with Crippen molar-refractivity contribution in [1.29, 1.82) is 0 Å². The number of nitrogens with zero attached hydrogens (tertiary/aromatic N) is 1. The van der Waals surface area contributed by atoms with E-state index < -0.39 is 6.10 Å². The van der Waals surface area contributed by atoms with Gasteiger partial charge >= 0.3 is 0 Å². The maximum Gasteiger partial charge on any atom is 0.0948 e. The van der Waals surface area contributed by atoms with Crippen molar-refractivity contribution in [2.75, 3.05) is 36.5 Å². The Morgan fingerprint density at radius 2 is 1.87 bits per heavy atom. The van der Waals surface area contributed by atoms with E-state index in [1.54, 1.807) is 0 Å². The first-order chi connectivity index (χ1) is 14.4. The Bertz CT molecular complexity index is 760. The number of unbranched alkanes of at least 4 members (excludes halogenated alkanes) is 1. The highest BCUT2D eigenvalue weighted by molar-refractivity contribution is 5.51. The van der Waals surface area contributed by atoms with E-state index >= 15 is 0 Å². The van der Waals surface area contributed by atoms with Crippen LogP contribution in [0.1, 0.15) is 50.3 Å². The highest BCUT2D eigenvalue weighted by Crippen LogP contribution is 2.21. The molecule has 166 valence electrons. The minimum atomic E-state index is -0.478. The highest BCUT2D eigenvalue weighted by atomic mass is 16.5. The van der Waals surface area contributed by atoms with Crippen LogP contribution in [0.5, 0.6) is 0 Å². The zero-order valence-electron chi connectivity index (χ0n) is 19.4. The normalized spacial score (nSPS) is 12.2. The van der Waals surface area contributed by atoms with E-state index in [9.17, 15) is 5.11 Å². The lowest BCUT2D eigenvalue weighted by molar-refractivity contribution is 0.00897. The van der Waals surface area contributed by atoms with E-state index in [-0.39, 0.29) is 6.10 Å². The van der Waals surface area contributed by atoms with E-state index in [2.05, 4.69) is 73.5 Å². The summed E-state index contributed by atoms with van der Waals surface area (Å²) in [6.07, 6.45) is 3.08. The van der Waals surface area contributed by atoms with Gasteiger partial charge in [-0.15, -0.1) is 0 Å². The summed E-state index contributed by atoms with van der Waals surface area (Å²) in [5, 5.41) is 13.8. The molecule has 0 aliphatic rings. The lowest BCUT2D eigenvalue weighted by atomic mass is 10.0. The molecular formula is C26H40N2O2. The monoisotopic (exact) mass is 412 g/mol. The number of rotatable bonds is 13. The first-order valence-corrected chi connectivity index (χ1v) is 11.3. The Balaban J connectivity index is 1.80. The second-order valence-corrected chi connectivity index (χ2v) is 8.44. The summed E-state index contributed by atoms with van der Waals surface area (Å²) in [5.41, 5.74) is 6.40. The molecule has 2 aromatic carbocycles. The van der Waals surface area contributed by atoms with Crippen molar-refractivity contribution in [3.05, 3.63) is 59.2 Å². The van der Waals surface area contributed by atoms with Gasteiger partial charge < -0.3 is 20.1 Å². The lowest BCUT2D eigenvalue weighted by Crippen LogP contribution is -2.35. The van der Waals surface area contributed by atoms with Crippen LogP contribution in [0, 0.1) is 13.8 Å². The fourth-order valence-corrected chi connectivity index (χ4v) is 3.61. The molecule has 30 heavy (non-hydrogen) atoms. The highest BCUT2D eigenvalue weighted by Gasteiger charge is 2.13. The van der Waals surface area contributed by atoms with Crippen LogP contribution in [0.25, 0.3) is 0 Å². The van der Waals surface area contributed by atoms with E-state index in [0.29, 0.717) is 13.2 Å². The molecule has 0 fully saturated rings. The van der Waals surface area contributed by atoms with Crippen LogP contribution in [0.2, 0.25) is 0 Å². The Morgan fingerprint density at radius 3 is 2.53 bits per heavy atom. The number of hydrogen-bond acceptors (Lipinski definition) is 4.